The van der Waals surface area contributed by atoms with E-state index in [1.165, 1.54) is 82.4 Å². The van der Waals surface area contributed by atoms with Crippen LogP contribution in [0.1, 0.15) is 176 Å². The van der Waals surface area contributed by atoms with E-state index >= 15 is 0 Å². The van der Waals surface area contributed by atoms with Crippen molar-refractivity contribution in [2.45, 2.75) is 188 Å². The van der Waals surface area contributed by atoms with Gasteiger partial charge in [0.25, 0.3) is 5.24 Å². The summed E-state index contributed by atoms with van der Waals surface area (Å²) >= 11 is 1.44. The molecule has 5 nitrogen and oxygen atoms in total. The fraction of sp³-hybridized carbons (Fsp3) is 0.914. The summed E-state index contributed by atoms with van der Waals surface area (Å²) in [4.78, 5) is 38.9. The first kappa shape index (κ1) is 40.0. The molecule has 0 N–H and O–H groups in total. The zero-order chi connectivity index (χ0) is 30.6. The topological polar surface area (TPSA) is 63.7 Å². The molecule has 0 heterocycles. The zero-order valence-electron chi connectivity index (χ0n) is 27.8. The Morgan fingerprint density at radius 3 is 1.85 bits per heavy atom. The Morgan fingerprint density at radius 2 is 1.29 bits per heavy atom. The van der Waals surface area contributed by atoms with Crippen LogP contribution in [-0.4, -0.2) is 46.8 Å². The predicted octanol–water partition coefficient (Wildman–Crippen LogP) is 10.9. The minimum absolute atomic E-state index is 0.0407. The summed E-state index contributed by atoms with van der Waals surface area (Å²) in [6.45, 7) is 11.7. The van der Waals surface area contributed by atoms with Gasteiger partial charge in [0.05, 0.1) is 0 Å². The second-order valence-electron chi connectivity index (χ2n) is 12.1. The van der Waals surface area contributed by atoms with Crippen molar-refractivity contribution in [3.63, 3.8) is 0 Å². The smallest absolute Gasteiger partial charge is 0.306 e. The van der Waals surface area contributed by atoms with Gasteiger partial charge in [-0.3, -0.25) is 9.59 Å². The molecule has 1 amide bonds. The van der Waals surface area contributed by atoms with Gasteiger partial charge in [0.2, 0.25) is 0 Å². The highest BCUT2D eigenvalue weighted by Crippen LogP contribution is 2.23. The van der Waals surface area contributed by atoms with E-state index in [-0.39, 0.29) is 23.4 Å². The number of unbranched alkanes of at least 4 members (excludes halogenated alkanes) is 10. The summed E-state index contributed by atoms with van der Waals surface area (Å²) in [6, 6.07) is 0.0678. The fourth-order valence-corrected chi connectivity index (χ4v) is 6.64. The van der Waals surface area contributed by atoms with Crippen LogP contribution in [0.5, 0.6) is 0 Å². The number of rotatable bonds is 29. The lowest BCUT2D eigenvalue weighted by Gasteiger charge is -2.31. The molecule has 0 aromatic carbocycles. The highest BCUT2D eigenvalue weighted by Gasteiger charge is 2.23. The molecule has 2 atom stereocenters. The van der Waals surface area contributed by atoms with Crippen molar-refractivity contribution >= 4 is 29.3 Å². The first-order chi connectivity index (χ1) is 19.9. The molecule has 0 aromatic heterocycles. The van der Waals surface area contributed by atoms with Gasteiger partial charge < -0.3 is 14.4 Å². The number of amides is 1. The van der Waals surface area contributed by atoms with E-state index in [1.54, 1.807) is 0 Å². The number of esters is 1. The van der Waals surface area contributed by atoms with E-state index in [4.69, 9.17) is 4.74 Å². The molecule has 0 aliphatic heterocycles. The molecule has 6 heteroatoms. The maximum atomic E-state index is 13.1. The van der Waals surface area contributed by atoms with Crippen molar-refractivity contribution in [1.82, 2.24) is 4.90 Å². The fourth-order valence-electron chi connectivity index (χ4n) is 5.50. The Kier molecular flexibility index (Phi) is 28.3. The summed E-state index contributed by atoms with van der Waals surface area (Å²) in [5, 5.41) is 0.139. The second kappa shape index (κ2) is 29.1. The van der Waals surface area contributed by atoms with E-state index in [9.17, 15) is 14.4 Å². The van der Waals surface area contributed by atoms with Gasteiger partial charge in [-0.15, -0.1) is 0 Å². The number of nitrogens with zero attached hydrogens (tertiary/aromatic N) is 1. The normalized spacial score (nSPS) is 12.8. The summed E-state index contributed by atoms with van der Waals surface area (Å²) in [7, 11) is 0. The van der Waals surface area contributed by atoms with E-state index in [1.807, 2.05) is 11.8 Å². The number of hydrogen-bond donors (Lipinski definition) is 0. The Labute approximate surface area is 259 Å². The molecule has 41 heavy (non-hydrogen) atoms. The average molecular weight is 598 g/mol. The third-order valence-corrected chi connectivity index (χ3v) is 9.16. The van der Waals surface area contributed by atoms with Crippen LogP contribution in [0.3, 0.4) is 0 Å². The van der Waals surface area contributed by atoms with Gasteiger partial charge in [0.15, 0.2) is 0 Å². The summed E-state index contributed by atoms with van der Waals surface area (Å²) in [5.74, 6) is 1.41. The van der Waals surface area contributed by atoms with Gasteiger partial charge in [-0.05, 0) is 70.6 Å². The maximum absolute atomic E-state index is 13.1. The molecular weight excluding hydrogens is 530 g/mol. The molecule has 242 valence electrons. The monoisotopic (exact) mass is 597 g/mol. The lowest BCUT2D eigenvalue weighted by atomic mass is 10.0. The third kappa shape index (κ3) is 23.1. The second-order valence-corrected chi connectivity index (χ2v) is 13.1. The Hall–Kier alpha value is -1.04. The van der Waals surface area contributed by atoms with Crippen molar-refractivity contribution in [1.29, 1.82) is 0 Å². The van der Waals surface area contributed by atoms with Gasteiger partial charge in [-0.1, -0.05) is 110 Å². The maximum Gasteiger partial charge on any atom is 0.306 e. The molecule has 0 bridgehead atoms. The van der Waals surface area contributed by atoms with Crippen LogP contribution in [0, 0.1) is 5.92 Å². The largest absolute Gasteiger partial charge is 0.462 e. The summed E-state index contributed by atoms with van der Waals surface area (Å²) in [6.07, 6.45) is 24.0. The van der Waals surface area contributed by atoms with Crippen molar-refractivity contribution in [2.24, 2.45) is 5.92 Å². The molecular formula is C35H67NO4S. The van der Waals surface area contributed by atoms with Gasteiger partial charge in [0, 0.05) is 31.2 Å². The molecule has 0 aliphatic rings. The molecule has 0 spiro atoms. The molecule has 0 aromatic rings. The highest BCUT2D eigenvalue weighted by atomic mass is 32.2. The molecule has 0 saturated carbocycles. The van der Waals surface area contributed by atoms with Crippen LogP contribution in [0.4, 0.5) is 4.79 Å². The van der Waals surface area contributed by atoms with E-state index in [0.717, 1.165) is 63.4 Å². The number of carbonyl (C=O) groups excluding carboxylic acids is 3. The van der Waals surface area contributed by atoms with Gasteiger partial charge in [-0.25, -0.2) is 0 Å². The molecule has 0 rings (SSSR count). The van der Waals surface area contributed by atoms with Gasteiger partial charge in [-0.2, -0.15) is 0 Å². The van der Waals surface area contributed by atoms with Crippen molar-refractivity contribution in [2.75, 3.05) is 12.3 Å². The summed E-state index contributed by atoms with van der Waals surface area (Å²) in [5.41, 5.74) is 0. The van der Waals surface area contributed by atoms with Crippen LogP contribution in [0.25, 0.3) is 0 Å². The van der Waals surface area contributed by atoms with Gasteiger partial charge >= 0.3 is 5.97 Å². The first-order valence-electron chi connectivity index (χ1n) is 17.5. The molecule has 0 aliphatic carbocycles. The number of aldehydes is 1. The molecule has 0 saturated heterocycles. The number of ether oxygens (including phenoxy) is 1. The minimum atomic E-state index is -0.0893. The summed E-state index contributed by atoms with van der Waals surface area (Å²) < 4.78 is 6.01. The SMILES string of the molecule is CCCCCCCC(CCCCCCC)OC(=O)CCCC(CCCC=O)N(CC)C(=O)SCCC(C)CCCC. The average Bonchev–Trinajstić information content (AvgIpc) is 2.95. The number of hydrogen-bond acceptors (Lipinski definition) is 5. The minimum Gasteiger partial charge on any atom is -0.462 e. The standard InChI is InChI=1S/C35H67NO4S/c1-6-10-13-15-17-25-33(26-18-16-14-11-7-2)40-34(38)27-21-24-32(23-19-20-29-37)36(9-4)35(39)41-30-28-31(5)22-12-8-3/h29,31-33H,6-28,30H2,1-5H3. The highest BCUT2D eigenvalue weighted by molar-refractivity contribution is 8.13. The lowest BCUT2D eigenvalue weighted by Crippen LogP contribution is -2.38. The molecule has 2 unspecified atom stereocenters. The lowest BCUT2D eigenvalue weighted by molar-refractivity contribution is -0.150. The quantitative estimate of drug-likeness (QED) is 0.0487. The van der Waals surface area contributed by atoms with Crippen LogP contribution >= 0.6 is 11.8 Å². The van der Waals surface area contributed by atoms with Crippen LogP contribution < -0.4 is 0 Å². The van der Waals surface area contributed by atoms with Crippen LogP contribution in [0.2, 0.25) is 0 Å². The van der Waals surface area contributed by atoms with Crippen molar-refractivity contribution in [3.8, 4) is 0 Å². The number of thioether (sulfide) groups is 1. The third-order valence-electron chi connectivity index (χ3n) is 8.24. The van der Waals surface area contributed by atoms with E-state index < -0.39 is 0 Å². The Balaban J connectivity index is 4.85. The Bertz CT molecular complexity index is 615. The predicted molar refractivity (Wildman–Crippen MR) is 178 cm³/mol. The molecule has 0 radical (unpaired) electrons. The van der Waals surface area contributed by atoms with Gasteiger partial charge in [0.1, 0.15) is 12.4 Å². The number of carbonyl (C=O) groups is 3. The van der Waals surface area contributed by atoms with Crippen molar-refractivity contribution < 1.29 is 19.1 Å². The van der Waals surface area contributed by atoms with Crippen LogP contribution in [-0.2, 0) is 14.3 Å². The van der Waals surface area contributed by atoms with Crippen molar-refractivity contribution in [3.05, 3.63) is 0 Å². The first-order valence-corrected chi connectivity index (χ1v) is 18.5. The Morgan fingerprint density at radius 1 is 0.707 bits per heavy atom. The zero-order valence-corrected chi connectivity index (χ0v) is 28.6. The molecule has 0 fully saturated rings. The van der Waals surface area contributed by atoms with E-state index in [0.29, 0.717) is 31.7 Å². The van der Waals surface area contributed by atoms with E-state index in [2.05, 4.69) is 27.7 Å². The van der Waals surface area contributed by atoms with Crippen LogP contribution in [0.15, 0.2) is 0 Å².